The minimum absolute atomic E-state index is 0.0789. The molecule has 1 N–H and O–H groups in total. The van der Waals surface area contributed by atoms with Crippen LogP contribution in [-0.4, -0.2) is 55.8 Å². The smallest absolute Gasteiger partial charge is 0.264 e. The van der Waals surface area contributed by atoms with Crippen molar-refractivity contribution in [3.63, 3.8) is 0 Å². The Labute approximate surface area is 313 Å². The van der Waals surface area contributed by atoms with Crippen molar-refractivity contribution in [1.29, 1.82) is 0 Å². The van der Waals surface area contributed by atoms with Crippen LogP contribution < -0.4 is 14.8 Å². The van der Waals surface area contributed by atoms with Crippen molar-refractivity contribution in [2.45, 2.75) is 69.2 Å². The molecule has 0 saturated carbocycles. The molecule has 1 fully saturated rings. The van der Waals surface area contributed by atoms with Gasteiger partial charge >= 0.3 is 0 Å². The Bertz CT molecular complexity index is 1940. The number of halogens is 2. The molecular weight excluding hydrogens is 779 g/mol. The first-order chi connectivity index (χ1) is 24.0. The van der Waals surface area contributed by atoms with Crippen molar-refractivity contribution in [1.82, 2.24) is 4.90 Å². The molecule has 0 bridgehead atoms. The van der Waals surface area contributed by atoms with E-state index in [9.17, 15) is 9.90 Å². The highest BCUT2D eigenvalue weighted by Crippen LogP contribution is 2.60. The Balaban J connectivity index is 1.31. The van der Waals surface area contributed by atoms with E-state index in [2.05, 4.69) is 72.9 Å². The molecule has 7 rings (SSSR count). The number of benzene rings is 4. The summed E-state index contributed by atoms with van der Waals surface area (Å²) in [7, 11) is -0.817. The predicted octanol–water partition coefficient (Wildman–Crippen LogP) is 7.05. The fourth-order valence-corrected chi connectivity index (χ4v) is 13.6. The lowest BCUT2D eigenvalue weighted by Crippen LogP contribution is -2.52. The van der Waals surface area contributed by atoms with Gasteiger partial charge < -0.3 is 24.4 Å². The number of nitrogens with zero attached hydrogens (tertiary/aromatic N) is 2. The molecule has 10 heteroatoms. The van der Waals surface area contributed by atoms with E-state index in [1.165, 1.54) is 5.19 Å². The van der Waals surface area contributed by atoms with E-state index < -0.39 is 19.8 Å². The van der Waals surface area contributed by atoms with Gasteiger partial charge in [-0.25, -0.2) is 0 Å². The predicted molar refractivity (Wildman–Crippen MR) is 208 cm³/mol. The highest BCUT2D eigenvalue weighted by atomic mass is 127. The first-order valence-electron chi connectivity index (χ1n) is 17.1. The number of aliphatic hydroxyl groups excluding tert-OH is 1. The molecule has 0 radical (unpaired) electrons. The van der Waals surface area contributed by atoms with Crippen LogP contribution in [-0.2, 0) is 39.4 Å². The lowest BCUT2D eigenvalue weighted by molar-refractivity contribution is -0.151. The van der Waals surface area contributed by atoms with Gasteiger partial charge in [-0.1, -0.05) is 85.3 Å². The zero-order valence-corrected chi connectivity index (χ0v) is 32.6. The number of amides is 2. The van der Waals surface area contributed by atoms with Crippen molar-refractivity contribution in [2.24, 2.45) is 5.92 Å². The lowest BCUT2D eigenvalue weighted by Gasteiger charge is -2.39. The van der Waals surface area contributed by atoms with E-state index in [4.69, 9.17) is 21.1 Å². The average molecular weight is 821 g/mol. The van der Waals surface area contributed by atoms with Crippen LogP contribution in [0.1, 0.15) is 35.6 Å². The van der Waals surface area contributed by atoms with Gasteiger partial charge in [-0.2, -0.15) is 0 Å². The second kappa shape index (κ2) is 13.7. The molecule has 4 aromatic carbocycles. The van der Waals surface area contributed by atoms with Crippen LogP contribution >= 0.6 is 34.2 Å². The summed E-state index contributed by atoms with van der Waals surface area (Å²) < 4.78 is 13.8. The summed E-state index contributed by atoms with van der Waals surface area (Å²) in [5.74, 6) is 0.301. The summed E-state index contributed by atoms with van der Waals surface area (Å²) in [5.41, 5.74) is 3.38. The van der Waals surface area contributed by atoms with Gasteiger partial charge in [0.25, 0.3) is 5.91 Å². The van der Waals surface area contributed by atoms with Gasteiger partial charge in [0.15, 0.2) is 5.60 Å². The first-order valence-corrected chi connectivity index (χ1v) is 21.7. The minimum Gasteiger partial charge on any atom is -0.497 e. The van der Waals surface area contributed by atoms with Gasteiger partial charge in [0.2, 0.25) is 5.91 Å². The Morgan fingerprint density at radius 3 is 2.48 bits per heavy atom. The van der Waals surface area contributed by atoms with Crippen molar-refractivity contribution in [3.8, 4) is 5.75 Å². The zero-order valence-electron chi connectivity index (χ0n) is 28.7. The number of anilines is 1. The molecular formula is C40H42ClIN2O5Si. The maximum atomic E-state index is 15.1. The summed E-state index contributed by atoms with van der Waals surface area (Å²) in [6, 6.07) is 29.8. The van der Waals surface area contributed by atoms with Crippen LogP contribution in [0.15, 0.2) is 91.0 Å². The molecule has 50 heavy (non-hydrogen) atoms. The number of hydrogen-bond donors (Lipinski definition) is 1. The first kappa shape index (κ1) is 35.2. The second-order valence-corrected chi connectivity index (χ2v) is 20.7. The summed E-state index contributed by atoms with van der Waals surface area (Å²) in [5, 5.41) is 12.2. The third-order valence-corrected chi connectivity index (χ3v) is 16.6. The second-order valence-electron chi connectivity index (χ2n) is 14.4. The van der Waals surface area contributed by atoms with Crippen LogP contribution in [0.3, 0.4) is 0 Å². The number of carbonyl (C=O) groups is 2. The van der Waals surface area contributed by atoms with Gasteiger partial charge in [-0.15, -0.1) is 0 Å². The summed E-state index contributed by atoms with van der Waals surface area (Å²) in [4.78, 5) is 33.2. The maximum Gasteiger partial charge on any atom is 0.264 e. The molecule has 2 amide bonds. The highest BCUT2D eigenvalue weighted by Gasteiger charge is 2.66. The molecule has 0 aromatic heterocycles. The van der Waals surface area contributed by atoms with Gasteiger partial charge in [0, 0.05) is 26.6 Å². The molecule has 260 valence electrons. The molecule has 7 nitrogen and oxygen atoms in total. The number of fused-ring (bicyclic) bond motifs is 3. The van der Waals surface area contributed by atoms with Crippen molar-refractivity contribution in [2.75, 3.05) is 18.6 Å². The number of aliphatic hydroxyl groups is 1. The Hall–Kier alpha value is -3.22. The van der Waals surface area contributed by atoms with E-state index in [1.54, 1.807) is 7.11 Å². The Morgan fingerprint density at radius 2 is 1.78 bits per heavy atom. The van der Waals surface area contributed by atoms with E-state index in [0.29, 0.717) is 24.5 Å². The van der Waals surface area contributed by atoms with Crippen molar-refractivity contribution in [3.05, 3.63) is 122 Å². The summed E-state index contributed by atoms with van der Waals surface area (Å²) >= 11 is 8.97. The Morgan fingerprint density at radius 1 is 1.04 bits per heavy atom. The normalized spacial score (nSPS) is 24.4. The van der Waals surface area contributed by atoms with Crippen molar-refractivity contribution >= 4 is 65.0 Å². The van der Waals surface area contributed by atoms with E-state index in [-0.39, 0.29) is 42.3 Å². The van der Waals surface area contributed by atoms with Crippen molar-refractivity contribution < 1.29 is 24.2 Å². The van der Waals surface area contributed by atoms with Crippen LogP contribution in [0.2, 0.25) is 23.7 Å². The third-order valence-electron chi connectivity index (χ3n) is 11.3. The van der Waals surface area contributed by atoms with Crippen LogP contribution in [0.4, 0.5) is 5.69 Å². The molecule has 1 saturated heterocycles. The summed E-state index contributed by atoms with van der Waals surface area (Å²) in [6.45, 7) is 7.44. The van der Waals surface area contributed by atoms with E-state index in [1.807, 2.05) is 70.5 Å². The van der Waals surface area contributed by atoms with E-state index in [0.717, 1.165) is 37.3 Å². The number of rotatable bonds is 8. The third kappa shape index (κ3) is 5.98. The zero-order chi connectivity index (χ0) is 35.4. The number of hydrogen-bond acceptors (Lipinski definition) is 5. The SMILES string of the molecule is COc1ccc([Si](C)(C)[C@@H]2[C@@H](CC(=O)N3Cc4ccccc4C[C@H]3CO)O[C@]3(C(=O)N(Cc4cccc(I)c4)c4ccc(Cl)cc43)[C@H]2C)cc1. The molecule has 3 heterocycles. The fourth-order valence-electron chi connectivity index (χ4n) is 8.79. The average Bonchev–Trinajstić information content (AvgIpc) is 3.53. The van der Waals surface area contributed by atoms with Crippen LogP contribution in [0, 0.1) is 9.49 Å². The molecule has 5 atom stereocenters. The monoisotopic (exact) mass is 820 g/mol. The van der Waals surface area contributed by atoms with Gasteiger partial charge in [0.1, 0.15) is 5.75 Å². The van der Waals surface area contributed by atoms with Crippen LogP contribution in [0.25, 0.3) is 0 Å². The molecule has 0 aliphatic carbocycles. The molecule has 3 aliphatic rings. The quantitative estimate of drug-likeness (QED) is 0.152. The van der Waals surface area contributed by atoms with Gasteiger partial charge in [-0.05, 0) is 93.7 Å². The van der Waals surface area contributed by atoms with Crippen LogP contribution in [0.5, 0.6) is 5.75 Å². The Kier molecular flexibility index (Phi) is 9.66. The molecule has 3 aliphatic heterocycles. The minimum atomic E-state index is -2.47. The lowest BCUT2D eigenvalue weighted by atomic mass is 9.82. The maximum absolute atomic E-state index is 15.1. The molecule has 4 aromatic rings. The number of ether oxygens (including phenoxy) is 2. The molecule has 0 unspecified atom stereocenters. The molecule has 1 spiro atoms. The topological polar surface area (TPSA) is 79.3 Å². The number of carbonyl (C=O) groups excluding carboxylic acids is 2. The fraction of sp³-hybridized carbons (Fsp3) is 0.350. The van der Waals surface area contributed by atoms with Gasteiger partial charge in [0.05, 0.1) is 52.6 Å². The number of methoxy groups -OCH3 is 1. The highest BCUT2D eigenvalue weighted by molar-refractivity contribution is 14.1. The van der Waals surface area contributed by atoms with Gasteiger partial charge in [-0.3, -0.25) is 9.59 Å². The summed E-state index contributed by atoms with van der Waals surface area (Å²) in [6.07, 6.45) is 0.144. The van der Waals surface area contributed by atoms with E-state index >= 15 is 4.79 Å². The largest absolute Gasteiger partial charge is 0.497 e. The standard InChI is InChI=1S/C40H42ClIN2O5Si/c1-25-38(50(3,4)33-15-13-32(48-2)14-16-33)36(21-37(46)43-23-28-10-6-5-9-27(28)19-31(43)24-45)49-40(25)34-20-29(41)12-17-35(34)44(39(40)47)22-26-8-7-11-30(42)18-26/h5-18,20,25,31,36,38,45H,19,21-24H2,1-4H3/t25-,31-,36+,38-,40+/m0/s1.